The Morgan fingerprint density at radius 3 is 2.35 bits per heavy atom. The Kier molecular flexibility index (Phi) is 5.99. The van der Waals surface area contributed by atoms with Crippen LogP contribution >= 0.6 is 0 Å². The average molecular weight is 352 g/mol. The van der Waals surface area contributed by atoms with Crippen molar-refractivity contribution in [2.24, 2.45) is 11.8 Å². The number of rotatable bonds is 5. The molecule has 5 heteroatoms. The Hall–Kier alpha value is -2.27. The number of carbonyl (C=O) groups is 1. The van der Waals surface area contributed by atoms with Crippen LogP contribution in [-0.4, -0.2) is 33.9 Å². The van der Waals surface area contributed by atoms with Gasteiger partial charge in [0.05, 0.1) is 11.9 Å². The van der Waals surface area contributed by atoms with E-state index in [-0.39, 0.29) is 5.91 Å². The first kappa shape index (κ1) is 18.5. The van der Waals surface area contributed by atoms with Crippen LogP contribution in [-0.2, 0) is 13.1 Å². The lowest BCUT2D eigenvalue weighted by Crippen LogP contribution is -2.38. The van der Waals surface area contributed by atoms with Crippen LogP contribution in [0.25, 0.3) is 0 Å². The van der Waals surface area contributed by atoms with Gasteiger partial charge in [-0.25, -0.2) is 4.98 Å². The molecule has 0 saturated carbocycles. The fourth-order valence-corrected chi connectivity index (χ4v) is 3.72. The van der Waals surface area contributed by atoms with E-state index in [0.717, 1.165) is 29.6 Å². The maximum atomic E-state index is 12.1. The number of hydrogen-bond donors (Lipinski definition) is 1. The van der Waals surface area contributed by atoms with E-state index in [4.69, 9.17) is 0 Å². The molecule has 2 aromatic rings. The summed E-state index contributed by atoms with van der Waals surface area (Å²) in [6, 6.07) is 8.51. The predicted molar refractivity (Wildman–Crippen MR) is 103 cm³/mol. The number of piperidine rings is 1. The highest BCUT2D eigenvalue weighted by molar-refractivity contribution is 5.91. The van der Waals surface area contributed by atoms with E-state index in [2.05, 4.69) is 58.3 Å². The summed E-state index contributed by atoms with van der Waals surface area (Å²) in [6.07, 6.45) is 4.45. The smallest absolute Gasteiger partial charge is 0.271 e. The van der Waals surface area contributed by atoms with E-state index in [1.807, 2.05) is 6.92 Å². The van der Waals surface area contributed by atoms with Crippen molar-refractivity contribution in [3.05, 3.63) is 59.2 Å². The van der Waals surface area contributed by atoms with E-state index in [0.29, 0.717) is 12.2 Å². The van der Waals surface area contributed by atoms with Crippen molar-refractivity contribution in [2.45, 2.75) is 40.3 Å². The van der Waals surface area contributed by atoms with Crippen molar-refractivity contribution in [1.29, 1.82) is 0 Å². The number of amides is 1. The molecule has 1 aliphatic rings. The van der Waals surface area contributed by atoms with Crippen molar-refractivity contribution in [3.63, 3.8) is 0 Å². The predicted octanol–water partition coefficient (Wildman–Crippen LogP) is 3.19. The molecule has 1 aromatic carbocycles. The van der Waals surface area contributed by atoms with Gasteiger partial charge in [0.1, 0.15) is 5.69 Å². The maximum absolute atomic E-state index is 12.1. The number of nitrogens with zero attached hydrogens (tertiary/aromatic N) is 3. The van der Waals surface area contributed by atoms with Gasteiger partial charge in [-0.15, -0.1) is 0 Å². The molecule has 26 heavy (non-hydrogen) atoms. The van der Waals surface area contributed by atoms with Crippen molar-refractivity contribution in [2.75, 3.05) is 13.1 Å². The maximum Gasteiger partial charge on any atom is 0.271 e. The number of carbonyl (C=O) groups excluding carboxylic acids is 1. The lowest BCUT2D eigenvalue weighted by atomic mass is 9.91. The lowest BCUT2D eigenvalue weighted by molar-refractivity contribution is 0.0945. The fraction of sp³-hybridized carbons (Fsp3) is 0.476. The van der Waals surface area contributed by atoms with E-state index in [1.54, 1.807) is 6.20 Å². The second kappa shape index (κ2) is 8.41. The largest absolute Gasteiger partial charge is 0.347 e. The molecule has 1 aliphatic heterocycles. The molecule has 0 aliphatic carbocycles. The molecule has 0 radical (unpaired) electrons. The third-order valence-corrected chi connectivity index (χ3v) is 4.84. The van der Waals surface area contributed by atoms with Crippen LogP contribution in [0.2, 0.25) is 0 Å². The third kappa shape index (κ3) is 5.11. The van der Waals surface area contributed by atoms with Gasteiger partial charge in [0.2, 0.25) is 0 Å². The van der Waals surface area contributed by atoms with E-state index >= 15 is 0 Å². The summed E-state index contributed by atoms with van der Waals surface area (Å²) >= 11 is 0. The summed E-state index contributed by atoms with van der Waals surface area (Å²) in [5, 5.41) is 2.90. The van der Waals surface area contributed by atoms with Gasteiger partial charge in [-0.05, 0) is 36.3 Å². The van der Waals surface area contributed by atoms with Crippen LogP contribution in [0.5, 0.6) is 0 Å². The fourth-order valence-electron chi connectivity index (χ4n) is 3.72. The van der Waals surface area contributed by atoms with E-state index in [1.165, 1.54) is 31.3 Å². The van der Waals surface area contributed by atoms with Crippen LogP contribution in [0, 0.1) is 18.8 Å². The number of likely N-dealkylation sites (tertiary alicyclic amines) is 1. The summed E-state index contributed by atoms with van der Waals surface area (Å²) in [5.74, 6) is 1.36. The number of benzene rings is 1. The monoisotopic (exact) mass is 352 g/mol. The van der Waals surface area contributed by atoms with E-state index in [9.17, 15) is 4.79 Å². The van der Waals surface area contributed by atoms with Crippen molar-refractivity contribution < 1.29 is 4.79 Å². The molecule has 2 heterocycles. The first-order chi connectivity index (χ1) is 12.5. The first-order valence-electron chi connectivity index (χ1n) is 9.36. The molecule has 5 nitrogen and oxygen atoms in total. The highest BCUT2D eigenvalue weighted by Crippen LogP contribution is 2.22. The zero-order valence-corrected chi connectivity index (χ0v) is 15.9. The Bertz CT molecular complexity index is 717. The van der Waals surface area contributed by atoms with Gasteiger partial charge in [-0.1, -0.05) is 38.1 Å². The highest BCUT2D eigenvalue weighted by Gasteiger charge is 2.21. The molecule has 1 N–H and O–H groups in total. The summed E-state index contributed by atoms with van der Waals surface area (Å²) in [4.78, 5) is 22.9. The molecular formula is C21H28N4O. The number of aromatic nitrogens is 2. The molecule has 3 rings (SSSR count). The van der Waals surface area contributed by atoms with Crippen LogP contribution < -0.4 is 5.32 Å². The molecular weight excluding hydrogens is 324 g/mol. The Morgan fingerprint density at radius 2 is 1.73 bits per heavy atom. The van der Waals surface area contributed by atoms with Gasteiger partial charge in [-0.2, -0.15) is 0 Å². The van der Waals surface area contributed by atoms with Crippen molar-refractivity contribution in [1.82, 2.24) is 20.2 Å². The Morgan fingerprint density at radius 1 is 1.08 bits per heavy atom. The van der Waals surface area contributed by atoms with E-state index < -0.39 is 0 Å². The van der Waals surface area contributed by atoms with Gasteiger partial charge in [-0.3, -0.25) is 14.7 Å². The molecule has 138 valence electrons. The second-order valence-corrected chi connectivity index (χ2v) is 7.68. The standard InChI is InChI=1S/C21H28N4O/c1-15-8-16(2)13-25(12-15)14-19-6-4-18(5-7-19)10-24-21(26)20-11-22-17(3)9-23-20/h4-7,9,11,15-16H,8,10,12-14H2,1-3H3,(H,24,26)/t15-,16-/m0/s1. The molecule has 0 unspecified atom stereocenters. The van der Waals surface area contributed by atoms with Crippen LogP contribution in [0.3, 0.4) is 0 Å². The molecule has 0 bridgehead atoms. The van der Waals surface area contributed by atoms with Gasteiger partial charge in [0.25, 0.3) is 5.91 Å². The molecule has 1 aromatic heterocycles. The zero-order chi connectivity index (χ0) is 18.5. The summed E-state index contributed by atoms with van der Waals surface area (Å²) in [7, 11) is 0. The lowest BCUT2D eigenvalue weighted by Gasteiger charge is -2.35. The average Bonchev–Trinajstić information content (AvgIpc) is 2.60. The first-order valence-corrected chi connectivity index (χ1v) is 9.36. The van der Waals surface area contributed by atoms with Crippen molar-refractivity contribution >= 4 is 5.91 Å². The zero-order valence-electron chi connectivity index (χ0n) is 15.9. The number of aryl methyl sites for hydroxylation is 1. The Labute approximate surface area is 155 Å². The summed E-state index contributed by atoms with van der Waals surface area (Å²) < 4.78 is 0. The third-order valence-electron chi connectivity index (χ3n) is 4.84. The quantitative estimate of drug-likeness (QED) is 0.898. The minimum atomic E-state index is -0.196. The SMILES string of the molecule is Cc1cnc(C(=O)NCc2ccc(CN3C[C@@H](C)C[C@H](C)C3)cc2)cn1. The minimum absolute atomic E-state index is 0.196. The van der Waals surface area contributed by atoms with Crippen LogP contribution in [0.1, 0.15) is 47.6 Å². The van der Waals surface area contributed by atoms with Gasteiger partial charge in [0, 0.05) is 32.4 Å². The normalized spacial score (nSPS) is 20.7. The Balaban J connectivity index is 1.51. The highest BCUT2D eigenvalue weighted by atomic mass is 16.1. The molecule has 1 fully saturated rings. The summed E-state index contributed by atoms with van der Waals surface area (Å²) in [6.45, 7) is 10.4. The molecule has 1 amide bonds. The molecule has 0 spiro atoms. The summed E-state index contributed by atoms with van der Waals surface area (Å²) in [5.41, 5.74) is 3.56. The number of hydrogen-bond acceptors (Lipinski definition) is 4. The van der Waals surface area contributed by atoms with Crippen LogP contribution in [0.15, 0.2) is 36.7 Å². The van der Waals surface area contributed by atoms with Gasteiger partial charge in [0.15, 0.2) is 0 Å². The second-order valence-electron chi connectivity index (χ2n) is 7.68. The molecule has 2 atom stereocenters. The van der Waals surface area contributed by atoms with Gasteiger partial charge < -0.3 is 5.32 Å². The topological polar surface area (TPSA) is 58.1 Å². The number of nitrogens with one attached hydrogen (secondary N) is 1. The molecule has 1 saturated heterocycles. The van der Waals surface area contributed by atoms with Crippen molar-refractivity contribution in [3.8, 4) is 0 Å². The minimum Gasteiger partial charge on any atom is -0.347 e. The van der Waals surface area contributed by atoms with Crippen LogP contribution in [0.4, 0.5) is 0 Å². The van der Waals surface area contributed by atoms with Gasteiger partial charge >= 0.3 is 0 Å².